The Labute approximate surface area is 141 Å². The fourth-order valence-electron chi connectivity index (χ4n) is 3.45. The van der Waals surface area contributed by atoms with E-state index in [4.69, 9.17) is 0 Å². The maximum Gasteiger partial charge on any atom is 0.309 e. The molecule has 1 aromatic carbocycles. The maximum absolute atomic E-state index is 12.7. The molecule has 2 atom stereocenters. The molecule has 0 aliphatic heterocycles. The van der Waals surface area contributed by atoms with Gasteiger partial charge < -0.3 is 15.7 Å². The summed E-state index contributed by atoms with van der Waals surface area (Å²) >= 11 is 0. The predicted molar refractivity (Wildman–Crippen MR) is 91.6 cm³/mol. The molecule has 1 aliphatic carbocycles. The van der Waals surface area contributed by atoms with E-state index in [1.165, 1.54) is 6.92 Å². The van der Waals surface area contributed by atoms with Crippen LogP contribution < -0.4 is 10.6 Å². The first-order valence-electron chi connectivity index (χ1n) is 8.00. The zero-order valence-electron chi connectivity index (χ0n) is 14.5. The number of hydrogen-bond acceptors (Lipinski definition) is 3. The van der Waals surface area contributed by atoms with Crippen molar-refractivity contribution in [3.05, 3.63) is 24.3 Å². The average Bonchev–Trinajstić information content (AvgIpc) is 2.70. The van der Waals surface area contributed by atoms with Gasteiger partial charge in [-0.25, -0.2) is 0 Å². The van der Waals surface area contributed by atoms with Gasteiger partial charge in [-0.05, 0) is 43.4 Å². The van der Waals surface area contributed by atoms with Crippen molar-refractivity contribution in [2.24, 2.45) is 16.7 Å². The van der Waals surface area contributed by atoms with Crippen molar-refractivity contribution < 1.29 is 19.5 Å². The minimum Gasteiger partial charge on any atom is -0.481 e. The number of amides is 2. The van der Waals surface area contributed by atoms with E-state index in [0.717, 1.165) is 0 Å². The maximum atomic E-state index is 12.7. The zero-order valence-corrected chi connectivity index (χ0v) is 14.5. The summed E-state index contributed by atoms with van der Waals surface area (Å²) in [5, 5.41) is 15.1. The van der Waals surface area contributed by atoms with Gasteiger partial charge >= 0.3 is 5.97 Å². The fraction of sp³-hybridized carbons (Fsp3) is 0.500. The molecule has 24 heavy (non-hydrogen) atoms. The molecule has 2 amide bonds. The third kappa shape index (κ3) is 3.13. The fourth-order valence-corrected chi connectivity index (χ4v) is 3.45. The minimum atomic E-state index is -0.924. The summed E-state index contributed by atoms with van der Waals surface area (Å²) in [6.07, 6.45) is 1.01. The number of carboxylic acid groups (broad SMARTS) is 1. The number of carboxylic acids is 1. The molecule has 1 saturated carbocycles. The first-order valence-corrected chi connectivity index (χ1v) is 8.00. The van der Waals surface area contributed by atoms with Gasteiger partial charge in [0, 0.05) is 24.2 Å². The smallest absolute Gasteiger partial charge is 0.309 e. The number of benzene rings is 1. The number of hydrogen-bond donors (Lipinski definition) is 3. The minimum absolute atomic E-state index is 0.187. The third-order valence-corrected chi connectivity index (χ3v) is 5.47. The van der Waals surface area contributed by atoms with Crippen molar-refractivity contribution in [3.8, 4) is 0 Å². The Bertz CT molecular complexity index is 683. The number of carbonyl (C=O) groups is 3. The predicted octanol–water partition coefficient (Wildman–Crippen LogP) is 3.11. The lowest BCUT2D eigenvalue weighted by atomic mass is 9.65. The molecule has 0 saturated heterocycles. The highest BCUT2D eigenvalue weighted by Gasteiger charge is 2.58. The van der Waals surface area contributed by atoms with Crippen LogP contribution in [0, 0.1) is 16.7 Å². The van der Waals surface area contributed by atoms with E-state index >= 15 is 0 Å². The molecule has 2 rings (SSSR count). The van der Waals surface area contributed by atoms with Crippen LogP contribution in [0.1, 0.15) is 40.5 Å². The van der Waals surface area contributed by atoms with Crippen molar-refractivity contribution in [2.45, 2.75) is 40.5 Å². The summed E-state index contributed by atoms with van der Waals surface area (Å²) in [7, 11) is 0. The van der Waals surface area contributed by atoms with Crippen molar-refractivity contribution in [1.82, 2.24) is 0 Å². The van der Waals surface area contributed by atoms with Crippen LogP contribution in [0.25, 0.3) is 0 Å². The number of rotatable bonds is 4. The molecule has 3 N–H and O–H groups in total. The van der Waals surface area contributed by atoms with Gasteiger partial charge in [0.2, 0.25) is 11.8 Å². The molecule has 6 nitrogen and oxygen atoms in total. The molecule has 0 bridgehead atoms. The second-order valence-corrected chi connectivity index (χ2v) is 7.20. The summed E-state index contributed by atoms with van der Waals surface area (Å²) in [5.74, 6) is -1.63. The molecule has 6 heteroatoms. The molecule has 0 aromatic heterocycles. The summed E-state index contributed by atoms with van der Waals surface area (Å²) < 4.78 is 0. The van der Waals surface area contributed by atoms with Crippen LogP contribution in [-0.2, 0) is 14.4 Å². The largest absolute Gasteiger partial charge is 0.481 e. The lowest BCUT2D eigenvalue weighted by Crippen LogP contribution is -2.43. The monoisotopic (exact) mass is 332 g/mol. The van der Waals surface area contributed by atoms with Crippen molar-refractivity contribution in [1.29, 1.82) is 0 Å². The average molecular weight is 332 g/mol. The third-order valence-electron chi connectivity index (χ3n) is 5.47. The summed E-state index contributed by atoms with van der Waals surface area (Å²) in [4.78, 5) is 35.4. The van der Waals surface area contributed by atoms with Gasteiger partial charge in [0.05, 0.1) is 5.41 Å². The molecule has 1 aromatic rings. The Hall–Kier alpha value is -2.37. The summed E-state index contributed by atoms with van der Waals surface area (Å²) in [6.45, 7) is 6.80. The van der Waals surface area contributed by atoms with Gasteiger partial charge in [0.25, 0.3) is 0 Å². The van der Waals surface area contributed by atoms with Crippen LogP contribution in [0.15, 0.2) is 24.3 Å². The lowest BCUT2D eigenvalue weighted by molar-refractivity contribution is -0.154. The molecule has 0 unspecified atom stereocenters. The topological polar surface area (TPSA) is 95.5 Å². The number of anilines is 2. The Kier molecular flexibility index (Phi) is 4.69. The van der Waals surface area contributed by atoms with E-state index in [9.17, 15) is 19.5 Å². The lowest BCUT2D eigenvalue weighted by Gasteiger charge is -2.37. The second kappa shape index (κ2) is 6.26. The molecule has 0 spiro atoms. The van der Waals surface area contributed by atoms with E-state index in [-0.39, 0.29) is 17.7 Å². The van der Waals surface area contributed by atoms with E-state index in [0.29, 0.717) is 24.2 Å². The normalized spacial score (nSPS) is 25.1. The molecule has 1 aliphatic rings. The van der Waals surface area contributed by atoms with Crippen LogP contribution in [0.5, 0.6) is 0 Å². The van der Waals surface area contributed by atoms with Crippen LogP contribution in [-0.4, -0.2) is 22.9 Å². The van der Waals surface area contributed by atoms with Gasteiger partial charge in [0.1, 0.15) is 0 Å². The van der Waals surface area contributed by atoms with Gasteiger partial charge in [0.15, 0.2) is 0 Å². The van der Waals surface area contributed by atoms with Crippen LogP contribution in [0.2, 0.25) is 0 Å². The van der Waals surface area contributed by atoms with Gasteiger partial charge in [-0.3, -0.25) is 14.4 Å². The van der Waals surface area contributed by atoms with E-state index in [1.807, 2.05) is 13.8 Å². The Morgan fingerprint density at radius 2 is 1.71 bits per heavy atom. The van der Waals surface area contributed by atoms with E-state index in [2.05, 4.69) is 10.6 Å². The van der Waals surface area contributed by atoms with Crippen LogP contribution in [0.3, 0.4) is 0 Å². The Morgan fingerprint density at radius 3 is 2.21 bits per heavy atom. The highest BCUT2D eigenvalue weighted by atomic mass is 16.4. The molecule has 1 fully saturated rings. The first kappa shape index (κ1) is 18.0. The summed E-state index contributed by atoms with van der Waals surface area (Å²) in [5.41, 5.74) is -0.405. The summed E-state index contributed by atoms with van der Waals surface area (Å²) in [6, 6.07) is 6.89. The number of nitrogens with one attached hydrogen (secondary N) is 2. The van der Waals surface area contributed by atoms with Gasteiger partial charge in [-0.15, -0.1) is 0 Å². The van der Waals surface area contributed by atoms with E-state index < -0.39 is 16.8 Å². The Morgan fingerprint density at radius 1 is 1.12 bits per heavy atom. The SMILES string of the molecule is CC(=O)Nc1cccc(NC(=O)[C@@H]2CC[C@](C)(C(=O)O)C2(C)C)c1. The standard InChI is InChI=1S/C18H24N2O4/c1-11(21)19-12-6-5-7-13(10-12)20-15(22)14-8-9-18(4,16(23)24)17(14,2)3/h5-7,10,14H,8-9H2,1-4H3,(H,19,21)(H,20,22)(H,23,24)/t14-,18+/m0/s1. The van der Waals surface area contributed by atoms with Crippen LogP contribution in [0.4, 0.5) is 11.4 Å². The van der Waals surface area contributed by atoms with Crippen molar-refractivity contribution in [3.63, 3.8) is 0 Å². The number of carbonyl (C=O) groups excluding carboxylic acids is 2. The van der Waals surface area contributed by atoms with Crippen LogP contribution >= 0.6 is 0 Å². The highest BCUT2D eigenvalue weighted by Crippen LogP contribution is 2.56. The first-order chi connectivity index (χ1) is 11.1. The zero-order chi connectivity index (χ0) is 18.1. The van der Waals surface area contributed by atoms with Gasteiger partial charge in [-0.2, -0.15) is 0 Å². The molecular weight excluding hydrogens is 308 g/mol. The molecule has 0 radical (unpaired) electrons. The quantitative estimate of drug-likeness (QED) is 0.789. The molecular formula is C18H24N2O4. The van der Waals surface area contributed by atoms with Gasteiger partial charge in [-0.1, -0.05) is 19.9 Å². The van der Waals surface area contributed by atoms with Crippen molar-refractivity contribution in [2.75, 3.05) is 10.6 Å². The van der Waals surface area contributed by atoms with Crippen molar-refractivity contribution >= 4 is 29.2 Å². The number of aliphatic carboxylic acids is 1. The molecule has 130 valence electrons. The van der Waals surface area contributed by atoms with E-state index in [1.54, 1.807) is 31.2 Å². The second-order valence-electron chi connectivity index (χ2n) is 7.20. The Balaban J connectivity index is 2.16. The molecule has 0 heterocycles. The highest BCUT2D eigenvalue weighted by molar-refractivity contribution is 5.95.